The van der Waals surface area contributed by atoms with Crippen molar-refractivity contribution in [2.75, 3.05) is 13.2 Å². The molecule has 0 bridgehead atoms. The Kier molecular flexibility index (Phi) is 5.26. The Morgan fingerprint density at radius 3 is 2.69 bits per heavy atom. The highest BCUT2D eigenvalue weighted by Gasteiger charge is 2.07. The molecule has 0 saturated heterocycles. The van der Waals surface area contributed by atoms with Crippen LogP contribution in [0, 0.1) is 12.7 Å². The molecule has 2 nitrogen and oxygen atoms in total. The van der Waals surface area contributed by atoms with E-state index in [4.69, 9.17) is 4.74 Å². The Hall–Kier alpha value is -1.09. The summed E-state index contributed by atoms with van der Waals surface area (Å²) in [5.74, 6) is 0.543. The number of rotatable bonds is 6. The van der Waals surface area contributed by atoms with Gasteiger partial charge in [0.1, 0.15) is 18.2 Å². The van der Waals surface area contributed by atoms with Crippen molar-refractivity contribution in [1.29, 1.82) is 0 Å². The summed E-state index contributed by atoms with van der Waals surface area (Å²) >= 11 is 0. The maximum atomic E-state index is 12.9. The molecule has 0 aliphatic carbocycles. The van der Waals surface area contributed by atoms with E-state index in [1.807, 2.05) is 6.92 Å². The van der Waals surface area contributed by atoms with Crippen LogP contribution >= 0.6 is 0 Å². The van der Waals surface area contributed by atoms with Crippen LogP contribution in [0.2, 0.25) is 0 Å². The topological polar surface area (TPSA) is 21.3 Å². The van der Waals surface area contributed by atoms with Crippen molar-refractivity contribution >= 4 is 0 Å². The van der Waals surface area contributed by atoms with Crippen molar-refractivity contribution in [1.82, 2.24) is 5.32 Å². The summed E-state index contributed by atoms with van der Waals surface area (Å²) in [5, 5.41) is 3.33. The Balaban J connectivity index is 2.53. The molecule has 0 saturated carbocycles. The Morgan fingerprint density at radius 1 is 1.38 bits per heavy atom. The Morgan fingerprint density at radius 2 is 2.12 bits per heavy atom. The van der Waals surface area contributed by atoms with E-state index in [0.717, 1.165) is 24.3 Å². The molecule has 0 radical (unpaired) electrons. The fourth-order valence-corrected chi connectivity index (χ4v) is 1.57. The first-order chi connectivity index (χ1) is 7.67. The number of nitrogens with one attached hydrogen (secondary N) is 1. The molecule has 0 aliphatic heterocycles. The third kappa shape index (κ3) is 3.81. The summed E-state index contributed by atoms with van der Waals surface area (Å²) in [7, 11) is 0. The SMILES string of the molecule is CCNC(CC)COc1ccc(F)cc1C. The lowest BCUT2D eigenvalue weighted by atomic mass is 10.2. The van der Waals surface area contributed by atoms with Gasteiger partial charge >= 0.3 is 0 Å². The van der Waals surface area contributed by atoms with Gasteiger partial charge in [0.2, 0.25) is 0 Å². The fraction of sp³-hybridized carbons (Fsp3) is 0.538. The highest BCUT2D eigenvalue weighted by Crippen LogP contribution is 2.18. The van der Waals surface area contributed by atoms with Crippen LogP contribution in [0.5, 0.6) is 5.75 Å². The number of halogens is 1. The van der Waals surface area contributed by atoms with Gasteiger partial charge in [-0.3, -0.25) is 0 Å². The molecule has 0 fully saturated rings. The average Bonchev–Trinajstić information content (AvgIpc) is 2.26. The average molecular weight is 225 g/mol. The lowest BCUT2D eigenvalue weighted by Crippen LogP contribution is -2.33. The third-order valence-electron chi connectivity index (χ3n) is 2.56. The molecule has 3 heteroatoms. The van der Waals surface area contributed by atoms with Crippen LogP contribution in [0.25, 0.3) is 0 Å². The van der Waals surface area contributed by atoms with E-state index in [1.165, 1.54) is 12.1 Å². The Bertz CT molecular complexity index is 328. The van der Waals surface area contributed by atoms with Gasteiger partial charge in [-0.15, -0.1) is 0 Å². The monoisotopic (exact) mass is 225 g/mol. The van der Waals surface area contributed by atoms with E-state index >= 15 is 0 Å². The molecule has 0 aromatic heterocycles. The zero-order valence-electron chi connectivity index (χ0n) is 10.2. The van der Waals surface area contributed by atoms with Gasteiger partial charge in [0.05, 0.1) is 0 Å². The van der Waals surface area contributed by atoms with Gasteiger partial charge in [0.15, 0.2) is 0 Å². The number of ether oxygens (including phenoxy) is 1. The number of hydrogen-bond acceptors (Lipinski definition) is 2. The molecule has 1 atom stereocenters. The molecule has 90 valence electrons. The molecule has 16 heavy (non-hydrogen) atoms. The Labute approximate surface area is 96.8 Å². The summed E-state index contributed by atoms with van der Waals surface area (Å²) < 4.78 is 18.5. The third-order valence-corrected chi connectivity index (χ3v) is 2.56. The molecule has 1 unspecified atom stereocenters. The van der Waals surface area contributed by atoms with Crippen LogP contribution < -0.4 is 10.1 Å². The van der Waals surface area contributed by atoms with Crippen molar-refractivity contribution in [2.24, 2.45) is 0 Å². The second kappa shape index (κ2) is 6.48. The van der Waals surface area contributed by atoms with Gasteiger partial charge in [-0.05, 0) is 43.7 Å². The van der Waals surface area contributed by atoms with E-state index in [2.05, 4.69) is 19.2 Å². The summed E-state index contributed by atoms with van der Waals surface area (Å²) in [6, 6.07) is 4.96. The van der Waals surface area contributed by atoms with Crippen molar-refractivity contribution in [3.05, 3.63) is 29.6 Å². The predicted octanol–water partition coefficient (Wildman–Crippen LogP) is 2.90. The van der Waals surface area contributed by atoms with Gasteiger partial charge in [-0.1, -0.05) is 13.8 Å². The normalized spacial score (nSPS) is 12.5. The number of benzene rings is 1. The van der Waals surface area contributed by atoms with E-state index in [1.54, 1.807) is 6.07 Å². The fourth-order valence-electron chi connectivity index (χ4n) is 1.57. The summed E-state index contributed by atoms with van der Waals surface area (Å²) in [6.07, 6.45) is 1.02. The highest BCUT2D eigenvalue weighted by atomic mass is 19.1. The second-order valence-electron chi connectivity index (χ2n) is 3.88. The molecule has 0 spiro atoms. The minimum absolute atomic E-state index is 0.219. The molecule has 0 aliphatic rings. The zero-order valence-corrected chi connectivity index (χ0v) is 10.2. The van der Waals surface area contributed by atoms with Gasteiger partial charge in [-0.2, -0.15) is 0 Å². The first-order valence-corrected chi connectivity index (χ1v) is 5.79. The minimum atomic E-state index is -0.219. The maximum Gasteiger partial charge on any atom is 0.123 e. The standard InChI is InChI=1S/C13H20FNO/c1-4-12(15-5-2)9-16-13-7-6-11(14)8-10(13)3/h6-8,12,15H,4-5,9H2,1-3H3. The number of aryl methyl sites for hydroxylation is 1. The van der Waals surface area contributed by atoms with Crippen LogP contribution in [0.4, 0.5) is 4.39 Å². The largest absolute Gasteiger partial charge is 0.492 e. The summed E-state index contributed by atoms with van der Waals surface area (Å²) in [5.41, 5.74) is 0.839. The summed E-state index contributed by atoms with van der Waals surface area (Å²) in [4.78, 5) is 0. The van der Waals surface area contributed by atoms with Gasteiger partial charge in [-0.25, -0.2) is 4.39 Å². The van der Waals surface area contributed by atoms with Gasteiger partial charge < -0.3 is 10.1 Å². The van der Waals surface area contributed by atoms with Crippen molar-refractivity contribution in [3.63, 3.8) is 0 Å². The lowest BCUT2D eigenvalue weighted by molar-refractivity contribution is 0.260. The van der Waals surface area contributed by atoms with Crippen LogP contribution in [0.3, 0.4) is 0 Å². The first-order valence-electron chi connectivity index (χ1n) is 5.79. The van der Waals surface area contributed by atoms with Crippen molar-refractivity contribution in [3.8, 4) is 5.75 Å². The molecular formula is C13H20FNO. The van der Waals surface area contributed by atoms with E-state index in [-0.39, 0.29) is 5.82 Å². The molecule has 1 N–H and O–H groups in total. The van der Waals surface area contributed by atoms with Crippen LogP contribution in [-0.2, 0) is 0 Å². The summed E-state index contributed by atoms with van der Waals surface area (Å²) in [6.45, 7) is 7.60. The number of likely N-dealkylation sites (N-methyl/N-ethyl adjacent to an activating group) is 1. The number of hydrogen-bond donors (Lipinski definition) is 1. The van der Waals surface area contributed by atoms with Crippen molar-refractivity contribution in [2.45, 2.75) is 33.2 Å². The highest BCUT2D eigenvalue weighted by molar-refractivity contribution is 5.32. The molecule has 1 aromatic carbocycles. The van der Waals surface area contributed by atoms with Gasteiger partial charge in [0, 0.05) is 6.04 Å². The van der Waals surface area contributed by atoms with Crippen LogP contribution in [0.15, 0.2) is 18.2 Å². The van der Waals surface area contributed by atoms with E-state index in [9.17, 15) is 4.39 Å². The molecule has 0 amide bonds. The van der Waals surface area contributed by atoms with Gasteiger partial charge in [0.25, 0.3) is 0 Å². The molecule has 1 aromatic rings. The van der Waals surface area contributed by atoms with E-state index in [0.29, 0.717) is 12.6 Å². The zero-order chi connectivity index (χ0) is 12.0. The van der Waals surface area contributed by atoms with Crippen molar-refractivity contribution < 1.29 is 9.13 Å². The smallest absolute Gasteiger partial charge is 0.123 e. The minimum Gasteiger partial charge on any atom is -0.492 e. The predicted molar refractivity (Wildman–Crippen MR) is 64.4 cm³/mol. The molecular weight excluding hydrogens is 205 g/mol. The first kappa shape index (κ1) is 13.0. The maximum absolute atomic E-state index is 12.9. The molecule has 0 heterocycles. The molecule has 1 rings (SSSR count). The lowest BCUT2D eigenvalue weighted by Gasteiger charge is -2.17. The van der Waals surface area contributed by atoms with E-state index < -0.39 is 0 Å². The van der Waals surface area contributed by atoms with Crippen LogP contribution in [-0.4, -0.2) is 19.2 Å². The van der Waals surface area contributed by atoms with Crippen LogP contribution in [0.1, 0.15) is 25.8 Å². The quantitative estimate of drug-likeness (QED) is 0.803. The second-order valence-corrected chi connectivity index (χ2v) is 3.88.